The maximum Gasteiger partial charge on any atom is 0.142 e. The van der Waals surface area contributed by atoms with E-state index >= 15 is 0 Å². The fourth-order valence-corrected chi connectivity index (χ4v) is 1.58. The summed E-state index contributed by atoms with van der Waals surface area (Å²) in [5.74, 6) is 6.40. The molecule has 2 aromatic rings. The van der Waals surface area contributed by atoms with Crippen LogP contribution in [0.25, 0.3) is 0 Å². The smallest absolute Gasteiger partial charge is 0.142 e. The van der Waals surface area contributed by atoms with E-state index < -0.39 is 0 Å². The van der Waals surface area contributed by atoms with Gasteiger partial charge >= 0.3 is 0 Å². The van der Waals surface area contributed by atoms with Gasteiger partial charge in [-0.2, -0.15) is 5.26 Å². The van der Waals surface area contributed by atoms with Crippen molar-refractivity contribution in [1.29, 1.82) is 5.26 Å². The largest absolute Gasteiger partial charge is 0.339 e. The molecule has 0 unspecified atom stereocenters. The van der Waals surface area contributed by atoms with Crippen molar-refractivity contribution in [3.8, 4) is 6.07 Å². The normalized spacial score (nSPS) is 9.61. The van der Waals surface area contributed by atoms with Crippen molar-refractivity contribution >= 4 is 28.9 Å². The summed E-state index contributed by atoms with van der Waals surface area (Å²) in [6, 6.07) is 12.3. The number of halogens is 1. The SMILES string of the molecule is N#Cc1ccc(Cl)c(Nc2cccc(NN)n2)c1. The average Bonchev–Trinajstić information content (AvgIpc) is 2.41. The first-order valence-corrected chi connectivity index (χ1v) is 5.51. The number of nitrogen functional groups attached to an aromatic ring is 1. The third-order valence-corrected chi connectivity index (χ3v) is 2.58. The second kappa shape index (κ2) is 5.36. The highest BCUT2D eigenvalue weighted by molar-refractivity contribution is 6.33. The van der Waals surface area contributed by atoms with Gasteiger partial charge < -0.3 is 10.7 Å². The number of rotatable bonds is 3. The molecule has 0 aliphatic rings. The molecule has 0 bridgehead atoms. The molecule has 0 aliphatic carbocycles. The predicted molar refractivity (Wildman–Crippen MR) is 71.5 cm³/mol. The Morgan fingerprint density at radius 1 is 1.22 bits per heavy atom. The van der Waals surface area contributed by atoms with Crippen LogP contribution in [0.1, 0.15) is 5.56 Å². The Kier molecular flexibility index (Phi) is 3.63. The summed E-state index contributed by atoms with van der Waals surface area (Å²) < 4.78 is 0. The lowest BCUT2D eigenvalue weighted by atomic mass is 10.2. The van der Waals surface area contributed by atoms with Gasteiger partial charge in [0.15, 0.2) is 0 Å². The van der Waals surface area contributed by atoms with E-state index in [0.717, 1.165) is 0 Å². The highest BCUT2D eigenvalue weighted by Crippen LogP contribution is 2.26. The molecule has 0 atom stereocenters. The second-order valence-corrected chi connectivity index (χ2v) is 3.89. The zero-order chi connectivity index (χ0) is 13.0. The van der Waals surface area contributed by atoms with E-state index in [1.807, 2.05) is 0 Å². The van der Waals surface area contributed by atoms with Crippen molar-refractivity contribution in [2.24, 2.45) is 5.84 Å². The molecule has 4 N–H and O–H groups in total. The highest BCUT2D eigenvalue weighted by atomic mass is 35.5. The first-order chi connectivity index (χ1) is 8.72. The number of aromatic nitrogens is 1. The molecular weight excluding hydrogens is 250 g/mol. The van der Waals surface area contributed by atoms with Crippen molar-refractivity contribution in [3.63, 3.8) is 0 Å². The first kappa shape index (κ1) is 12.2. The van der Waals surface area contributed by atoms with Crippen LogP contribution in [0.2, 0.25) is 5.02 Å². The van der Waals surface area contributed by atoms with Crippen molar-refractivity contribution in [1.82, 2.24) is 4.98 Å². The van der Waals surface area contributed by atoms with Crippen molar-refractivity contribution in [3.05, 3.63) is 47.0 Å². The summed E-state index contributed by atoms with van der Waals surface area (Å²) in [5, 5.41) is 12.4. The Hall–Kier alpha value is -2.29. The van der Waals surface area contributed by atoms with E-state index in [1.165, 1.54) is 0 Å². The highest BCUT2D eigenvalue weighted by Gasteiger charge is 2.03. The van der Waals surface area contributed by atoms with E-state index in [4.69, 9.17) is 22.7 Å². The van der Waals surface area contributed by atoms with Gasteiger partial charge in [0.25, 0.3) is 0 Å². The fraction of sp³-hybridized carbons (Fsp3) is 0. The Morgan fingerprint density at radius 3 is 2.72 bits per heavy atom. The Bertz CT molecular complexity index is 606. The number of hydrogen-bond acceptors (Lipinski definition) is 5. The molecule has 90 valence electrons. The van der Waals surface area contributed by atoms with E-state index in [1.54, 1.807) is 36.4 Å². The van der Waals surface area contributed by atoms with E-state index in [9.17, 15) is 0 Å². The number of nitrogens with two attached hydrogens (primary N) is 1. The monoisotopic (exact) mass is 259 g/mol. The second-order valence-electron chi connectivity index (χ2n) is 3.48. The third kappa shape index (κ3) is 2.69. The Morgan fingerprint density at radius 2 is 2.00 bits per heavy atom. The molecule has 0 radical (unpaired) electrons. The zero-order valence-corrected chi connectivity index (χ0v) is 10.1. The molecule has 18 heavy (non-hydrogen) atoms. The molecule has 0 aliphatic heterocycles. The summed E-state index contributed by atoms with van der Waals surface area (Å²) in [6.45, 7) is 0. The number of nitrogens with zero attached hydrogens (tertiary/aromatic N) is 2. The van der Waals surface area contributed by atoms with Gasteiger partial charge in [0.2, 0.25) is 0 Å². The molecule has 0 amide bonds. The van der Waals surface area contributed by atoms with E-state index in [2.05, 4.69) is 21.8 Å². The van der Waals surface area contributed by atoms with Crippen LogP contribution in [0.15, 0.2) is 36.4 Å². The van der Waals surface area contributed by atoms with Gasteiger partial charge in [0.1, 0.15) is 11.6 Å². The summed E-state index contributed by atoms with van der Waals surface area (Å²) in [7, 11) is 0. The summed E-state index contributed by atoms with van der Waals surface area (Å²) in [4.78, 5) is 4.19. The maximum absolute atomic E-state index is 8.84. The van der Waals surface area contributed by atoms with Gasteiger partial charge in [-0.15, -0.1) is 0 Å². The molecule has 0 fully saturated rings. The van der Waals surface area contributed by atoms with Crippen molar-refractivity contribution in [2.75, 3.05) is 10.7 Å². The zero-order valence-electron chi connectivity index (χ0n) is 9.31. The molecular formula is C12H10ClN5. The van der Waals surface area contributed by atoms with Gasteiger partial charge in [-0.05, 0) is 30.3 Å². The van der Waals surface area contributed by atoms with Crippen molar-refractivity contribution < 1.29 is 0 Å². The number of nitriles is 1. The number of nitrogens with one attached hydrogen (secondary N) is 2. The topological polar surface area (TPSA) is 86.8 Å². The standard InChI is InChI=1S/C12H10ClN5/c13-9-5-4-8(7-14)6-10(9)16-11-2-1-3-12(17-11)18-15/h1-6H,15H2,(H2,16,17,18). The van der Waals surface area contributed by atoms with Gasteiger partial charge in [0.05, 0.1) is 22.3 Å². The third-order valence-electron chi connectivity index (χ3n) is 2.26. The number of hydrogen-bond donors (Lipinski definition) is 3. The minimum Gasteiger partial charge on any atom is -0.339 e. The molecule has 1 aromatic carbocycles. The molecule has 1 heterocycles. The van der Waals surface area contributed by atoms with Crippen LogP contribution in [0, 0.1) is 11.3 Å². The maximum atomic E-state index is 8.84. The molecule has 1 aromatic heterocycles. The average molecular weight is 260 g/mol. The van der Waals surface area contributed by atoms with Gasteiger partial charge in [-0.25, -0.2) is 10.8 Å². The van der Waals surface area contributed by atoms with E-state index in [0.29, 0.717) is 27.9 Å². The van der Waals surface area contributed by atoms with Gasteiger partial charge in [-0.1, -0.05) is 17.7 Å². The Balaban J connectivity index is 2.30. The first-order valence-electron chi connectivity index (χ1n) is 5.13. The Labute approximate surface area is 109 Å². The van der Waals surface area contributed by atoms with Crippen LogP contribution in [-0.4, -0.2) is 4.98 Å². The van der Waals surface area contributed by atoms with Gasteiger partial charge in [0, 0.05) is 0 Å². The number of benzene rings is 1. The summed E-state index contributed by atoms with van der Waals surface area (Å²) in [5.41, 5.74) is 3.60. The molecule has 0 saturated carbocycles. The quantitative estimate of drug-likeness (QED) is 0.583. The molecule has 0 spiro atoms. The molecule has 2 rings (SSSR count). The molecule has 5 nitrogen and oxygen atoms in total. The number of pyridine rings is 1. The van der Waals surface area contributed by atoms with Crippen molar-refractivity contribution in [2.45, 2.75) is 0 Å². The number of hydrazine groups is 1. The molecule has 0 saturated heterocycles. The lowest BCUT2D eigenvalue weighted by Crippen LogP contribution is -2.09. The van der Waals surface area contributed by atoms with Crippen LogP contribution in [-0.2, 0) is 0 Å². The lowest BCUT2D eigenvalue weighted by molar-refractivity contribution is 1.22. The summed E-state index contributed by atoms with van der Waals surface area (Å²) in [6.07, 6.45) is 0. The van der Waals surface area contributed by atoms with Crippen LogP contribution >= 0.6 is 11.6 Å². The van der Waals surface area contributed by atoms with Crippen LogP contribution in [0.3, 0.4) is 0 Å². The van der Waals surface area contributed by atoms with Crippen LogP contribution in [0.5, 0.6) is 0 Å². The van der Waals surface area contributed by atoms with Gasteiger partial charge in [-0.3, -0.25) is 0 Å². The summed E-state index contributed by atoms with van der Waals surface area (Å²) >= 11 is 6.04. The predicted octanol–water partition coefficient (Wildman–Crippen LogP) is 2.64. The molecule has 6 heteroatoms. The fourth-order valence-electron chi connectivity index (χ4n) is 1.41. The number of anilines is 3. The van der Waals surface area contributed by atoms with E-state index in [-0.39, 0.29) is 0 Å². The van der Waals surface area contributed by atoms with Crippen LogP contribution < -0.4 is 16.6 Å². The minimum absolute atomic E-state index is 0.516. The van der Waals surface area contributed by atoms with Crippen LogP contribution in [0.4, 0.5) is 17.3 Å². The minimum atomic E-state index is 0.516. The lowest BCUT2D eigenvalue weighted by Gasteiger charge is -2.09.